The normalized spacial score (nSPS) is 11.2. The highest BCUT2D eigenvalue weighted by Gasteiger charge is 2.10. The number of aromatic nitrogens is 2. The lowest BCUT2D eigenvalue weighted by atomic mass is 10.1. The summed E-state index contributed by atoms with van der Waals surface area (Å²) in [6, 6.07) is 5.06. The maximum Gasteiger partial charge on any atom is 0.262 e. The van der Waals surface area contributed by atoms with E-state index in [1.54, 1.807) is 22.8 Å². The van der Waals surface area contributed by atoms with Crippen molar-refractivity contribution in [3.63, 3.8) is 0 Å². The Morgan fingerprint density at radius 2 is 2.00 bits per heavy atom. The third-order valence-electron chi connectivity index (χ3n) is 4.30. The summed E-state index contributed by atoms with van der Waals surface area (Å²) in [7, 11) is 0. The molecule has 0 aliphatic rings. The molecule has 0 atom stereocenters. The van der Waals surface area contributed by atoms with Crippen LogP contribution in [0.3, 0.4) is 0 Å². The average molecular weight is 362 g/mol. The summed E-state index contributed by atoms with van der Waals surface area (Å²) in [6.07, 6.45) is 0.829. The number of nitrogens with one attached hydrogen (secondary N) is 2. The Kier molecular flexibility index (Phi) is 6.90. The second-order valence-corrected chi connectivity index (χ2v) is 6.32. The topological polar surface area (TPSA) is 70.1 Å². The van der Waals surface area contributed by atoms with E-state index < -0.39 is 0 Å². The van der Waals surface area contributed by atoms with Gasteiger partial charge in [-0.05, 0) is 49.9 Å². The third-order valence-corrected chi connectivity index (χ3v) is 4.62. The molecule has 1 heterocycles. The van der Waals surface area contributed by atoms with Crippen molar-refractivity contribution in [2.45, 2.75) is 33.7 Å². The molecule has 136 valence electrons. The largest absolute Gasteiger partial charge is 0.351 e. The van der Waals surface area contributed by atoms with E-state index in [0.29, 0.717) is 34.3 Å². The zero-order valence-corrected chi connectivity index (χ0v) is 15.9. The monoisotopic (exact) mass is 362 g/mol. The van der Waals surface area contributed by atoms with Crippen LogP contribution < -0.4 is 10.9 Å². The molecule has 0 spiro atoms. The Labute approximate surface area is 152 Å². The first-order valence-corrected chi connectivity index (χ1v) is 9.20. The summed E-state index contributed by atoms with van der Waals surface area (Å²) >= 11 is 5.27. The van der Waals surface area contributed by atoms with Crippen LogP contribution in [0, 0.1) is 4.77 Å². The molecule has 1 aromatic carbocycles. The number of carbonyl (C=O) groups is 1. The van der Waals surface area contributed by atoms with Gasteiger partial charge in [0.2, 0.25) is 0 Å². The molecule has 7 heteroatoms. The first-order chi connectivity index (χ1) is 12.0. The van der Waals surface area contributed by atoms with Crippen molar-refractivity contribution in [3.8, 4) is 0 Å². The van der Waals surface area contributed by atoms with E-state index in [1.807, 2.05) is 6.92 Å². The molecule has 6 nitrogen and oxygen atoms in total. The van der Waals surface area contributed by atoms with E-state index in [1.165, 1.54) is 0 Å². The summed E-state index contributed by atoms with van der Waals surface area (Å²) in [6.45, 7) is 10.1. The van der Waals surface area contributed by atoms with Crippen LogP contribution >= 0.6 is 12.2 Å². The molecule has 0 aliphatic carbocycles. The number of likely N-dealkylation sites (N-methyl/N-ethyl adjacent to an activating group) is 1. The number of amides is 1. The maximum absolute atomic E-state index is 12.5. The molecule has 2 rings (SSSR count). The highest BCUT2D eigenvalue weighted by molar-refractivity contribution is 7.71. The van der Waals surface area contributed by atoms with Gasteiger partial charge in [0.1, 0.15) is 0 Å². The molecule has 2 aromatic rings. The minimum atomic E-state index is -0.147. The van der Waals surface area contributed by atoms with E-state index in [4.69, 9.17) is 12.2 Å². The standard InChI is InChI=1S/C18H26N4O2S/c1-4-10-22-17(24)14-8-7-13(12-15(14)20-18(22)25)16(23)19-9-11-21(5-2)6-3/h7-8,12H,4-6,9-11H2,1-3H3,(H,19,23)(H,20,25). The first-order valence-electron chi connectivity index (χ1n) is 8.79. The van der Waals surface area contributed by atoms with Crippen molar-refractivity contribution in [1.29, 1.82) is 0 Å². The third kappa shape index (κ3) is 4.55. The smallest absolute Gasteiger partial charge is 0.262 e. The van der Waals surface area contributed by atoms with Crippen LogP contribution in [-0.2, 0) is 6.54 Å². The number of H-pyrrole nitrogens is 1. The maximum atomic E-state index is 12.5. The fraction of sp³-hybridized carbons (Fsp3) is 0.500. The summed E-state index contributed by atoms with van der Waals surface area (Å²) in [4.78, 5) is 30.1. The number of benzene rings is 1. The van der Waals surface area contributed by atoms with Crippen molar-refractivity contribution in [2.24, 2.45) is 0 Å². The van der Waals surface area contributed by atoms with Gasteiger partial charge in [-0.2, -0.15) is 0 Å². The zero-order chi connectivity index (χ0) is 18.4. The van der Waals surface area contributed by atoms with Crippen molar-refractivity contribution in [3.05, 3.63) is 38.9 Å². The van der Waals surface area contributed by atoms with Crippen LogP contribution in [0.4, 0.5) is 0 Å². The van der Waals surface area contributed by atoms with Gasteiger partial charge in [-0.25, -0.2) is 0 Å². The molecule has 0 saturated heterocycles. The van der Waals surface area contributed by atoms with Gasteiger partial charge in [0.15, 0.2) is 4.77 Å². The van der Waals surface area contributed by atoms with Gasteiger partial charge in [-0.1, -0.05) is 20.8 Å². The Bertz CT molecular complexity index is 852. The van der Waals surface area contributed by atoms with Crippen LogP contribution in [0.15, 0.2) is 23.0 Å². The minimum Gasteiger partial charge on any atom is -0.351 e. The van der Waals surface area contributed by atoms with Crippen molar-refractivity contribution in [1.82, 2.24) is 19.8 Å². The number of aromatic amines is 1. The Balaban J connectivity index is 2.21. The fourth-order valence-electron chi connectivity index (χ4n) is 2.79. The predicted molar refractivity (Wildman–Crippen MR) is 104 cm³/mol. The average Bonchev–Trinajstić information content (AvgIpc) is 2.61. The number of hydrogen-bond donors (Lipinski definition) is 2. The summed E-state index contributed by atoms with van der Waals surface area (Å²) in [5.41, 5.74) is 0.998. The second-order valence-electron chi connectivity index (χ2n) is 5.93. The molecular weight excluding hydrogens is 336 g/mol. The lowest BCUT2D eigenvalue weighted by Crippen LogP contribution is -2.34. The van der Waals surface area contributed by atoms with E-state index in [0.717, 1.165) is 26.1 Å². The lowest BCUT2D eigenvalue weighted by molar-refractivity contribution is 0.0949. The molecule has 0 saturated carbocycles. The van der Waals surface area contributed by atoms with Gasteiger partial charge in [-0.3, -0.25) is 14.2 Å². The number of hydrogen-bond acceptors (Lipinski definition) is 4. The Hall–Kier alpha value is -1.99. The zero-order valence-electron chi connectivity index (χ0n) is 15.1. The first kappa shape index (κ1) is 19.3. The molecule has 1 amide bonds. The van der Waals surface area contributed by atoms with E-state index in [-0.39, 0.29) is 11.5 Å². The molecule has 0 fully saturated rings. The number of rotatable bonds is 8. The van der Waals surface area contributed by atoms with Gasteiger partial charge in [0.25, 0.3) is 11.5 Å². The summed E-state index contributed by atoms with van der Waals surface area (Å²) < 4.78 is 1.94. The Morgan fingerprint density at radius 3 is 2.64 bits per heavy atom. The van der Waals surface area contributed by atoms with Gasteiger partial charge < -0.3 is 15.2 Å². The van der Waals surface area contributed by atoms with Gasteiger partial charge in [-0.15, -0.1) is 0 Å². The number of fused-ring (bicyclic) bond motifs is 1. The Morgan fingerprint density at radius 1 is 1.28 bits per heavy atom. The molecule has 0 aliphatic heterocycles. The highest BCUT2D eigenvalue weighted by atomic mass is 32.1. The second kappa shape index (κ2) is 8.92. The molecule has 1 aromatic heterocycles. The molecule has 0 bridgehead atoms. The fourth-order valence-corrected chi connectivity index (χ4v) is 3.08. The van der Waals surface area contributed by atoms with Crippen LogP contribution in [0.5, 0.6) is 0 Å². The van der Waals surface area contributed by atoms with Gasteiger partial charge in [0, 0.05) is 25.2 Å². The minimum absolute atomic E-state index is 0.117. The van der Waals surface area contributed by atoms with Crippen molar-refractivity contribution >= 4 is 29.0 Å². The molecular formula is C18H26N4O2S. The molecule has 2 N–H and O–H groups in total. The van der Waals surface area contributed by atoms with Crippen LogP contribution in [0.2, 0.25) is 0 Å². The van der Waals surface area contributed by atoms with Crippen molar-refractivity contribution < 1.29 is 4.79 Å². The lowest BCUT2D eigenvalue weighted by Gasteiger charge is -2.18. The summed E-state index contributed by atoms with van der Waals surface area (Å²) in [5, 5.41) is 3.46. The SMILES string of the molecule is CCCn1c(=S)[nH]c2cc(C(=O)NCCN(CC)CC)ccc2c1=O. The van der Waals surface area contributed by atoms with Gasteiger partial charge in [0.05, 0.1) is 10.9 Å². The van der Waals surface area contributed by atoms with E-state index >= 15 is 0 Å². The number of carbonyl (C=O) groups excluding carboxylic acids is 1. The van der Waals surface area contributed by atoms with Crippen molar-refractivity contribution in [2.75, 3.05) is 26.2 Å². The van der Waals surface area contributed by atoms with Crippen LogP contribution in [0.1, 0.15) is 37.6 Å². The van der Waals surface area contributed by atoms with E-state index in [2.05, 4.69) is 29.0 Å². The van der Waals surface area contributed by atoms with Gasteiger partial charge >= 0.3 is 0 Å². The molecule has 0 radical (unpaired) electrons. The van der Waals surface area contributed by atoms with E-state index in [9.17, 15) is 9.59 Å². The summed E-state index contributed by atoms with van der Waals surface area (Å²) in [5.74, 6) is -0.147. The van der Waals surface area contributed by atoms with Crippen LogP contribution in [-0.4, -0.2) is 46.5 Å². The molecule has 0 unspecified atom stereocenters. The van der Waals surface area contributed by atoms with Crippen LogP contribution in [0.25, 0.3) is 10.9 Å². The highest BCUT2D eigenvalue weighted by Crippen LogP contribution is 2.11. The number of nitrogens with zero attached hydrogens (tertiary/aromatic N) is 2. The quantitative estimate of drug-likeness (QED) is 0.708. The predicted octanol–water partition coefficient (Wildman–Crippen LogP) is 2.54. The molecule has 25 heavy (non-hydrogen) atoms.